The average Bonchev–Trinajstić information content (AvgIpc) is 2.83. The zero-order valence-corrected chi connectivity index (χ0v) is 18.6. The van der Waals surface area contributed by atoms with E-state index in [2.05, 4.69) is 49.4 Å². The topological polar surface area (TPSA) is 61.4 Å². The van der Waals surface area contributed by atoms with Gasteiger partial charge in [-0.2, -0.15) is 0 Å². The van der Waals surface area contributed by atoms with Crippen LogP contribution in [0.25, 0.3) is 0 Å². The monoisotopic (exact) mass is 453 g/mol. The molecule has 0 saturated carbocycles. The maximum Gasteiger partial charge on any atom is 0.230 e. The first-order valence-corrected chi connectivity index (χ1v) is 11.6. The molecule has 2 aromatic carbocycles. The fraction of sp³-hybridized carbons (Fsp3) is 0.261. The van der Waals surface area contributed by atoms with E-state index >= 15 is 0 Å². The van der Waals surface area contributed by atoms with Crippen LogP contribution in [-0.4, -0.2) is 47.8 Å². The summed E-state index contributed by atoms with van der Waals surface area (Å²) in [4.78, 5) is 26.0. The van der Waals surface area contributed by atoms with Gasteiger partial charge in [0.15, 0.2) is 5.82 Å². The number of carbonyl (C=O) groups excluding carboxylic acids is 1. The number of hydrogen-bond donors (Lipinski definition) is 1. The lowest BCUT2D eigenvalue weighted by molar-refractivity contribution is -0.118. The van der Waals surface area contributed by atoms with Crippen molar-refractivity contribution in [2.75, 3.05) is 41.7 Å². The van der Waals surface area contributed by atoms with Crippen molar-refractivity contribution >= 4 is 40.8 Å². The summed E-state index contributed by atoms with van der Waals surface area (Å²) in [6.45, 7) is 3.97. The summed E-state index contributed by atoms with van der Waals surface area (Å²) in [6, 6.07) is 18.0. The largest absolute Gasteiger partial charge is 0.368 e. The fourth-order valence-electron chi connectivity index (χ4n) is 3.47. The lowest BCUT2D eigenvalue weighted by atomic mass is 10.2. The van der Waals surface area contributed by atoms with Gasteiger partial charge >= 0.3 is 0 Å². The number of para-hydroxylation sites is 1. The Balaban J connectivity index is 1.31. The number of piperazine rings is 1. The van der Waals surface area contributed by atoms with Crippen molar-refractivity contribution < 1.29 is 4.79 Å². The Morgan fingerprint density at radius 1 is 0.935 bits per heavy atom. The third kappa shape index (κ3) is 5.68. The van der Waals surface area contributed by atoms with Gasteiger partial charge in [-0.05, 0) is 23.8 Å². The van der Waals surface area contributed by atoms with E-state index in [4.69, 9.17) is 11.6 Å². The zero-order valence-electron chi connectivity index (χ0n) is 17.1. The molecule has 31 heavy (non-hydrogen) atoms. The first kappa shape index (κ1) is 21.5. The molecule has 6 nitrogen and oxygen atoms in total. The minimum Gasteiger partial charge on any atom is -0.368 e. The average molecular weight is 454 g/mol. The van der Waals surface area contributed by atoms with E-state index < -0.39 is 0 Å². The Morgan fingerprint density at radius 2 is 1.61 bits per heavy atom. The van der Waals surface area contributed by atoms with Gasteiger partial charge in [0, 0.05) is 55.8 Å². The maximum atomic E-state index is 12.3. The number of benzene rings is 2. The number of anilines is 2. The fourth-order valence-corrected chi connectivity index (χ4v) is 4.49. The van der Waals surface area contributed by atoms with Crippen LogP contribution >= 0.6 is 23.4 Å². The Labute approximate surface area is 191 Å². The van der Waals surface area contributed by atoms with Crippen LogP contribution in [0.3, 0.4) is 0 Å². The van der Waals surface area contributed by atoms with Crippen molar-refractivity contribution in [3.05, 3.63) is 77.6 Å². The Kier molecular flexibility index (Phi) is 7.27. The number of carbonyl (C=O) groups is 1. The molecule has 4 rings (SSSR count). The van der Waals surface area contributed by atoms with Gasteiger partial charge in [-0.3, -0.25) is 4.79 Å². The highest BCUT2D eigenvalue weighted by Gasteiger charge is 2.21. The van der Waals surface area contributed by atoms with E-state index in [1.54, 1.807) is 12.4 Å². The van der Waals surface area contributed by atoms with Gasteiger partial charge in [-0.15, -0.1) is 0 Å². The minimum absolute atomic E-state index is 0.0598. The standard InChI is InChI=1S/C23H24ClN5OS/c24-20-9-5-4-6-18(20)16-27-21(30)17-31-23-22(25-10-11-26-23)29-14-12-28(13-15-29)19-7-2-1-3-8-19/h1-11H,12-17H2,(H,27,30). The number of rotatable bonds is 7. The molecule has 0 unspecified atom stereocenters. The van der Waals surface area contributed by atoms with Gasteiger partial charge in [0.05, 0.1) is 5.75 Å². The van der Waals surface area contributed by atoms with Gasteiger partial charge in [0.1, 0.15) is 5.03 Å². The van der Waals surface area contributed by atoms with Crippen LogP contribution in [0.5, 0.6) is 0 Å². The number of nitrogens with one attached hydrogen (secondary N) is 1. The summed E-state index contributed by atoms with van der Waals surface area (Å²) >= 11 is 7.56. The molecule has 0 atom stereocenters. The van der Waals surface area contributed by atoms with Gasteiger partial charge < -0.3 is 15.1 Å². The third-order valence-electron chi connectivity index (χ3n) is 5.12. The summed E-state index contributed by atoms with van der Waals surface area (Å²) < 4.78 is 0. The first-order chi connectivity index (χ1) is 15.2. The minimum atomic E-state index is -0.0598. The molecule has 8 heteroatoms. The van der Waals surface area contributed by atoms with Crippen LogP contribution in [-0.2, 0) is 11.3 Å². The number of thioether (sulfide) groups is 1. The van der Waals surface area contributed by atoms with E-state index in [0.29, 0.717) is 11.6 Å². The number of aromatic nitrogens is 2. The lowest BCUT2D eigenvalue weighted by Crippen LogP contribution is -2.47. The van der Waals surface area contributed by atoms with Crippen molar-refractivity contribution in [2.45, 2.75) is 11.6 Å². The zero-order chi connectivity index (χ0) is 21.5. The predicted octanol–water partition coefficient (Wildman–Crippen LogP) is 3.87. The van der Waals surface area contributed by atoms with Crippen molar-refractivity contribution in [1.29, 1.82) is 0 Å². The molecule has 0 aliphatic carbocycles. The molecule has 1 aromatic heterocycles. The molecule has 3 aromatic rings. The van der Waals surface area contributed by atoms with Gasteiger partial charge in [-0.1, -0.05) is 59.8 Å². The van der Waals surface area contributed by atoms with Crippen molar-refractivity contribution in [3.63, 3.8) is 0 Å². The molecule has 0 radical (unpaired) electrons. The molecule has 1 saturated heterocycles. The second-order valence-electron chi connectivity index (χ2n) is 7.15. The van der Waals surface area contributed by atoms with Gasteiger partial charge in [0.25, 0.3) is 0 Å². The Morgan fingerprint density at radius 3 is 2.39 bits per heavy atom. The Bertz CT molecular complexity index is 1010. The van der Waals surface area contributed by atoms with E-state index in [0.717, 1.165) is 42.6 Å². The Hall–Kier alpha value is -2.77. The van der Waals surface area contributed by atoms with Gasteiger partial charge in [-0.25, -0.2) is 9.97 Å². The molecule has 2 heterocycles. The lowest BCUT2D eigenvalue weighted by Gasteiger charge is -2.37. The number of hydrogen-bond acceptors (Lipinski definition) is 6. The summed E-state index contributed by atoms with van der Waals surface area (Å²) in [5, 5.41) is 4.36. The molecule has 0 bridgehead atoms. The van der Waals surface area contributed by atoms with Crippen LogP contribution in [0.2, 0.25) is 5.02 Å². The molecule has 1 fully saturated rings. The molecule has 1 amide bonds. The summed E-state index contributed by atoms with van der Waals surface area (Å²) in [5.41, 5.74) is 2.14. The number of amides is 1. The van der Waals surface area contributed by atoms with E-state index in [1.807, 2.05) is 30.3 Å². The smallest absolute Gasteiger partial charge is 0.230 e. The van der Waals surface area contributed by atoms with Crippen molar-refractivity contribution in [3.8, 4) is 0 Å². The molecular weight excluding hydrogens is 430 g/mol. The van der Waals surface area contributed by atoms with Crippen LogP contribution in [0.15, 0.2) is 72.0 Å². The molecular formula is C23H24ClN5OS. The molecule has 1 aliphatic heterocycles. The van der Waals surface area contributed by atoms with Crippen molar-refractivity contribution in [1.82, 2.24) is 15.3 Å². The van der Waals surface area contributed by atoms with Crippen molar-refractivity contribution in [2.24, 2.45) is 0 Å². The highest BCUT2D eigenvalue weighted by atomic mass is 35.5. The highest BCUT2D eigenvalue weighted by molar-refractivity contribution is 8.00. The van der Waals surface area contributed by atoms with Crippen LogP contribution < -0.4 is 15.1 Å². The SMILES string of the molecule is O=C(CSc1nccnc1N1CCN(c2ccccc2)CC1)NCc1ccccc1Cl. The van der Waals surface area contributed by atoms with Crippen LogP contribution in [0, 0.1) is 0 Å². The molecule has 0 spiro atoms. The van der Waals surface area contributed by atoms with E-state index in [9.17, 15) is 4.79 Å². The maximum absolute atomic E-state index is 12.3. The number of halogens is 1. The first-order valence-electron chi connectivity index (χ1n) is 10.2. The van der Waals surface area contributed by atoms with E-state index in [1.165, 1.54) is 17.4 Å². The molecule has 160 valence electrons. The third-order valence-corrected chi connectivity index (χ3v) is 6.46. The predicted molar refractivity (Wildman–Crippen MR) is 127 cm³/mol. The quantitative estimate of drug-likeness (QED) is 0.548. The van der Waals surface area contributed by atoms with Crippen LogP contribution in [0.4, 0.5) is 11.5 Å². The number of nitrogens with zero attached hydrogens (tertiary/aromatic N) is 4. The van der Waals surface area contributed by atoms with Gasteiger partial charge in [0.2, 0.25) is 5.91 Å². The second-order valence-corrected chi connectivity index (χ2v) is 8.52. The summed E-state index contributed by atoms with van der Waals surface area (Å²) in [5.74, 6) is 1.06. The second kappa shape index (κ2) is 10.5. The summed E-state index contributed by atoms with van der Waals surface area (Å²) in [7, 11) is 0. The normalized spacial score (nSPS) is 13.8. The van der Waals surface area contributed by atoms with Crippen LogP contribution in [0.1, 0.15) is 5.56 Å². The highest BCUT2D eigenvalue weighted by Crippen LogP contribution is 2.27. The molecule has 1 N–H and O–H groups in total. The summed E-state index contributed by atoms with van der Waals surface area (Å²) in [6.07, 6.45) is 3.38. The molecule has 1 aliphatic rings. The van der Waals surface area contributed by atoms with E-state index in [-0.39, 0.29) is 11.7 Å².